The first-order chi connectivity index (χ1) is 20.9. The molecule has 3 aromatic rings. The fourth-order valence-corrected chi connectivity index (χ4v) is 7.18. The first-order valence-electron chi connectivity index (χ1n) is 14.5. The Balaban J connectivity index is 0.00000400. The van der Waals surface area contributed by atoms with E-state index in [1.807, 2.05) is 45.0 Å². The molecule has 0 radical (unpaired) electrons. The monoisotopic (exact) mass is 681 g/mol. The van der Waals surface area contributed by atoms with Crippen molar-refractivity contribution < 1.29 is 36.9 Å². The predicted molar refractivity (Wildman–Crippen MR) is 182 cm³/mol. The van der Waals surface area contributed by atoms with Crippen molar-refractivity contribution in [3.8, 4) is 0 Å². The number of nitrogens with zero attached hydrogens (tertiary/aromatic N) is 4. The van der Waals surface area contributed by atoms with E-state index in [-0.39, 0.29) is 36.3 Å². The van der Waals surface area contributed by atoms with Crippen molar-refractivity contribution in [2.75, 3.05) is 5.75 Å². The molecule has 8 nitrogen and oxygen atoms in total. The van der Waals surface area contributed by atoms with E-state index in [1.54, 1.807) is 0 Å². The minimum atomic E-state index is -0.897. The molecular formula is C34H33FeN4O4S2+. The summed E-state index contributed by atoms with van der Waals surface area (Å²) in [6, 6.07) is 7.81. The number of hydrogen-bond acceptors (Lipinski definition) is 5. The second-order valence-electron chi connectivity index (χ2n) is 11.5. The molecule has 1 saturated heterocycles. The Kier molecular flexibility index (Phi) is 9.29. The van der Waals surface area contributed by atoms with Gasteiger partial charge in [0.25, 0.3) is 0 Å². The first kappa shape index (κ1) is 32.9. The van der Waals surface area contributed by atoms with Gasteiger partial charge in [0.1, 0.15) is 0 Å². The minimum Gasteiger partial charge on any atom is -0.657 e. The Labute approximate surface area is 281 Å². The van der Waals surface area contributed by atoms with Crippen LogP contribution in [0.4, 0.5) is 0 Å². The maximum atomic E-state index is 11.6. The Bertz CT molecular complexity index is 2020. The molecule has 0 aliphatic carbocycles. The van der Waals surface area contributed by atoms with E-state index in [9.17, 15) is 19.8 Å². The van der Waals surface area contributed by atoms with Gasteiger partial charge >= 0.3 is 29.0 Å². The summed E-state index contributed by atoms with van der Waals surface area (Å²) in [5.74, 6) is -0.689. The van der Waals surface area contributed by atoms with Gasteiger partial charge in [-0.05, 0) is 74.6 Å². The van der Waals surface area contributed by atoms with Crippen molar-refractivity contribution in [2.45, 2.75) is 58.6 Å². The Morgan fingerprint density at radius 3 is 2.02 bits per heavy atom. The third-order valence-corrected chi connectivity index (χ3v) is 9.81. The zero-order valence-electron chi connectivity index (χ0n) is 25.4. The zero-order chi connectivity index (χ0) is 31.4. The summed E-state index contributed by atoms with van der Waals surface area (Å²) in [6.45, 7) is 12.1. The maximum Gasteiger partial charge on any atom is 2.00 e. The van der Waals surface area contributed by atoms with Crippen LogP contribution >= 0.6 is 12.6 Å². The van der Waals surface area contributed by atoms with E-state index in [0.717, 1.165) is 67.1 Å². The molecule has 0 unspecified atom stereocenters. The number of allylic oxidation sites excluding steroid dienone is 3. The van der Waals surface area contributed by atoms with Crippen LogP contribution in [0.1, 0.15) is 78.1 Å². The molecule has 0 spiro atoms. The molecule has 45 heavy (non-hydrogen) atoms. The van der Waals surface area contributed by atoms with Crippen LogP contribution in [-0.2, 0) is 44.8 Å². The van der Waals surface area contributed by atoms with E-state index in [4.69, 9.17) is 19.9 Å². The minimum absolute atomic E-state index is 0. The van der Waals surface area contributed by atoms with E-state index in [2.05, 4.69) is 26.1 Å². The van der Waals surface area contributed by atoms with E-state index >= 15 is 0 Å². The summed E-state index contributed by atoms with van der Waals surface area (Å²) in [4.78, 5) is 43.8. The zero-order valence-corrected chi connectivity index (χ0v) is 28.3. The molecule has 0 saturated carbocycles. The maximum absolute atomic E-state index is 11.6. The summed E-state index contributed by atoms with van der Waals surface area (Å²) in [7, 11) is 0. The molecule has 6 rings (SSSR count). The summed E-state index contributed by atoms with van der Waals surface area (Å²) in [5, 5.41) is 19.4. The van der Waals surface area contributed by atoms with Gasteiger partial charge in [-0.3, -0.25) is 9.59 Å². The molecule has 3 aromatic heterocycles. The van der Waals surface area contributed by atoms with Crippen LogP contribution in [0.25, 0.3) is 49.3 Å². The van der Waals surface area contributed by atoms with Crippen LogP contribution < -0.4 is 9.97 Å². The van der Waals surface area contributed by atoms with Gasteiger partial charge in [0.2, 0.25) is 0 Å². The fraction of sp³-hybridized carbons (Fsp3) is 0.294. The third kappa shape index (κ3) is 6.31. The topological polar surface area (TPSA) is 129 Å². The fourth-order valence-electron chi connectivity index (χ4n) is 6.10. The first-order valence-corrected chi connectivity index (χ1v) is 16.1. The smallest absolute Gasteiger partial charge is 0.657 e. The van der Waals surface area contributed by atoms with Gasteiger partial charge in [0.15, 0.2) is 11.0 Å². The van der Waals surface area contributed by atoms with Gasteiger partial charge in [-0.2, -0.15) is 0 Å². The van der Waals surface area contributed by atoms with E-state index in [0.29, 0.717) is 39.0 Å². The van der Waals surface area contributed by atoms with Crippen LogP contribution in [0, 0.1) is 13.8 Å². The number of thiol groups is 2. The number of fused-ring (bicyclic) bond motifs is 8. The number of carboxylic acids is 2. The second kappa shape index (κ2) is 12.7. The largest absolute Gasteiger partial charge is 2.00 e. The second-order valence-corrected chi connectivity index (χ2v) is 13.4. The Morgan fingerprint density at radius 1 is 0.844 bits per heavy atom. The van der Waals surface area contributed by atoms with Crippen molar-refractivity contribution in [2.24, 2.45) is 0 Å². The molecule has 6 heterocycles. The normalized spacial score (nSPS) is 15.7. The summed E-state index contributed by atoms with van der Waals surface area (Å²) in [5.41, 5.74) is 13.4. The Hall–Kier alpha value is -3.50. The average Bonchev–Trinajstić information content (AvgIpc) is 3.49. The van der Waals surface area contributed by atoms with Crippen molar-refractivity contribution in [3.63, 3.8) is 0 Å². The van der Waals surface area contributed by atoms with Crippen LogP contribution in [0.3, 0.4) is 0 Å². The van der Waals surface area contributed by atoms with Crippen molar-refractivity contribution in [1.29, 1.82) is 0 Å². The van der Waals surface area contributed by atoms with Crippen molar-refractivity contribution in [3.05, 3.63) is 75.9 Å². The predicted octanol–water partition coefficient (Wildman–Crippen LogP) is 6.03. The van der Waals surface area contributed by atoms with Gasteiger partial charge in [-0.1, -0.05) is 47.5 Å². The summed E-state index contributed by atoms with van der Waals surface area (Å²) < 4.78 is 0. The van der Waals surface area contributed by atoms with E-state index in [1.165, 1.54) is 17.3 Å². The summed E-state index contributed by atoms with van der Waals surface area (Å²) in [6.07, 6.45) is 0.507. The SMILES string of the molecule is C=C(S)c1c(C)c2cc3nc(cc4[n-]c(cc5nc(cc1[n-]2)C(C)=C5CCC(=O)O)c(CCC(=O)O)c4C)C(C)=C3[C@@H]1C[SH+]1.[Fe+2]. The average molecular weight is 682 g/mol. The molecule has 2 N–H and O–H groups in total. The number of aliphatic carboxylic acids is 2. The quantitative estimate of drug-likeness (QED) is 0.114. The molecular weight excluding hydrogens is 648 g/mol. The number of rotatable bonds is 8. The van der Waals surface area contributed by atoms with Crippen LogP contribution in [0.5, 0.6) is 0 Å². The Morgan fingerprint density at radius 2 is 1.38 bits per heavy atom. The number of carbonyl (C=O) groups is 2. The molecule has 0 aromatic carbocycles. The van der Waals surface area contributed by atoms with Crippen molar-refractivity contribution in [1.82, 2.24) is 19.9 Å². The molecule has 1 fully saturated rings. The number of aryl methyl sites for hydroxylation is 3. The number of aromatic nitrogens is 4. The van der Waals surface area contributed by atoms with E-state index < -0.39 is 11.9 Å². The molecule has 3 aliphatic heterocycles. The molecule has 1 atom stereocenters. The molecule has 11 heteroatoms. The van der Waals surface area contributed by atoms with Gasteiger partial charge in [-0.15, -0.1) is 34.7 Å². The van der Waals surface area contributed by atoms with Crippen molar-refractivity contribution >= 4 is 85.6 Å². The number of hydrogen-bond donors (Lipinski definition) is 3. The van der Waals surface area contributed by atoms with Crippen LogP contribution in [-0.4, -0.2) is 43.1 Å². The molecule has 3 aliphatic rings. The van der Waals surface area contributed by atoms with Crippen LogP contribution in [0.2, 0.25) is 0 Å². The van der Waals surface area contributed by atoms with Crippen LogP contribution in [0.15, 0.2) is 30.8 Å². The molecule has 8 bridgehead atoms. The van der Waals surface area contributed by atoms with Gasteiger partial charge in [0, 0.05) is 23.3 Å². The summed E-state index contributed by atoms with van der Waals surface area (Å²) >= 11 is 5.99. The molecule has 232 valence electrons. The van der Waals surface area contributed by atoms with Gasteiger partial charge in [0.05, 0.1) is 22.8 Å². The molecule has 0 amide bonds. The number of carboxylic acid groups (broad SMARTS) is 2. The van der Waals surface area contributed by atoms with Gasteiger partial charge < -0.3 is 20.2 Å². The standard InChI is InChI=1S/C34H34N4O4S2.Fe/c1-15-20(6-8-31(39)40)26-13-27-21(7-9-32(41)42)16(2)23(36-27)11-28-33(19(5)43)17(3)25(37-28)12-29-34(30-14-44-30)18(4)24(38-29)10-22(15)35-26;/h10-13,30H,5-9,14H2,1-4H3,(H5,35,36,37,38,39,40,41,42,43);/q;+2/p-1/t30-;/m0./s1. The van der Waals surface area contributed by atoms with Gasteiger partial charge in [-0.25, -0.2) is 9.97 Å². The third-order valence-electron chi connectivity index (χ3n) is 8.59.